The van der Waals surface area contributed by atoms with E-state index in [9.17, 15) is 14.4 Å². The van der Waals surface area contributed by atoms with E-state index in [1.54, 1.807) is 42.5 Å². The van der Waals surface area contributed by atoms with Gasteiger partial charge in [-0.1, -0.05) is 111 Å². The summed E-state index contributed by atoms with van der Waals surface area (Å²) >= 11 is 1.44. The van der Waals surface area contributed by atoms with Gasteiger partial charge in [-0.25, -0.2) is 0 Å². The van der Waals surface area contributed by atoms with Gasteiger partial charge in [0, 0.05) is 21.7 Å². The summed E-state index contributed by atoms with van der Waals surface area (Å²) in [6, 6.07) is 41.7. The molecule has 0 unspecified atom stereocenters. The minimum atomic E-state index is -0.443. The summed E-state index contributed by atoms with van der Waals surface area (Å²) in [7, 11) is 0. The number of carbonyl (C=O) groups excluding carboxylic acids is 3. The van der Waals surface area contributed by atoms with E-state index in [1.165, 1.54) is 17.3 Å². The average molecular weight is 611 g/mol. The van der Waals surface area contributed by atoms with Crippen LogP contribution in [-0.4, -0.2) is 23.4 Å². The Morgan fingerprint density at radius 1 is 0.667 bits per heavy atom. The molecule has 6 heteroatoms. The molecule has 0 bridgehead atoms. The van der Waals surface area contributed by atoms with Crippen molar-refractivity contribution in [1.82, 2.24) is 5.32 Å². The summed E-state index contributed by atoms with van der Waals surface area (Å²) in [5.41, 5.74) is 5.98. The lowest BCUT2D eigenvalue weighted by Crippen LogP contribution is -2.30. The van der Waals surface area contributed by atoms with E-state index >= 15 is 0 Å². The van der Waals surface area contributed by atoms with Gasteiger partial charge in [0.15, 0.2) is 5.78 Å². The number of Topliss-reactive ketones (excluding diaryl/α,β-unsaturated/α-hetero) is 1. The highest BCUT2D eigenvalue weighted by Gasteiger charge is 2.16. The van der Waals surface area contributed by atoms with Crippen LogP contribution in [0.3, 0.4) is 0 Å². The summed E-state index contributed by atoms with van der Waals surface area (Å²) < 4.78 is 0. The second-order valence-corrected chi connectivity index (χ2v) is 11.9. The van der Waals surface area contributed by atoms with Gasteiger partial charge in [-0.2, -0.15) is 0 Å². The van der Waals surface area contributed by atoms with Gasteiger partial charge in [0.25, 0.3) is 11.8 Å². The molecule has 0 aliphatic heterocycles. The average Bonchev–Trinajstić information content (AvgIpc) is 3.08. The van der Waals surface area contributed by atoms with E-state index in [2.05, 4.69) is 24.5 Å². The van der Waals surface area contributed by atoms with E-state index in [0.717, 1.165) is 21.6 Å². The number of carbonyl (C=O) groups is 3. The molecule has 224 valence electrons. The molecule has 0 fully saturated rings. The predicted octanol–water partition coefficient (Wildman–Crippen LogP) is 8.86. The molecule has 5 aromatic carbocycles. The van der Waals surface area contributed by atoms with Crippen molar-refractivity contribution in [3.63, 3.8) is 0 Å². The second-order valence-electron chi connectivity index (χ2n) is 10.8. The number of nitrogens with one attached hydrogen (secondary N) is 2. The number of ketones is 1. The van der Waals surface area contributed by atoms with Crippen molar-refractivity contribution in [1.29, 1.82) is 0 Å². The van der Waals surface area contributed by atoms with Gasteiger partial charge >= 0.3 is 0 Å². The highest BCUT2D eigenvalue weighted by molar-refractivity contribution is 8.00. The van der Waals surface area contributed by atoms with Crippen molar-refractivity contribution in [2.45, 2.75) is 24.7 Å². The number of hydrogen-bond donors (Lipinski definition) is 2. The summed E-state index contributed by atoms with van der Waals surface area (Å²) in [6.45, 7) is 4.24. The van der Waals surface area contributed by atoms with Crippen LogP contribution in [-0.2, 0) is 4.79 Å². The topological polar surface area (TPSA) is 75.3 Å². The minimum absolute atomic E-state index is 0.0438. The van der Waals surface area contributed by atoms with Crippen LogP contribution in [0.15, 0.2) is 144 Å². The van der Waals surface area contributed by atoms with Crippen LogP contribution in [0.1, 0.15) is 51.6 Å². The Balaban J connectivity index is 1.22. The van der Waals surface area contributed by atoms with Gasteiger partial charge in [-0.3, -0.25) is 14.4 Å². The third-order valence-corrected chi connectivity index (χ3v) is 8.25. The first-order chi connectivity index (χ1) is 21.9. The van der Waals surface area contributed by atoms with Crippen LogP contribution >= 0.6 is 11.8 Å². The molecule has 0 aromatic heterocycles. The molecule has 0 aliphatic rings. The summed E-state index contributed by atoms with van der Waals surface area (Å²) in [5, 5.41) is 5.67. The van der Waals surface area contributed by atoms with Crippen molar-refractivity contribution >= 4 is 41.1 Å². The van der Waals surface area contributed by atoms with Gasteiger partial charge in [-0.05, 0) is 70.6 Å². The van der Waals surface area contributed by atoms with Crippen molar-refractivity contribution < 1.29 is 14.4 Å². The van der Waals surface area contributed by atoms with E-state index < -0.39 is 5.91 Å². The number of anilines is 1. The van der Waals surface area contributed by atoms with E-state index in [4.69, 9.17) is 0 Å². The molecule has 0 atom stereocenters. The van der Waals surface area contributed by atoms with Crippen LogP contribution in [0.25, 0.3) is 17.2 Å². The number of benzene rings is 5. The Kier molecular flexibility index (Phi) is 10.4. The Labute approximate surface area is 268 Å². The Hall–Kier alpha value is -5.20. The zero-order valence-electron chi connectivity index (χ0n) is 25.2. The lowest BCUT2D eigenvalue weighted by Gasteiger charge is -2.12. The molecule has 2 N–H and O–H groups in total. The van der Waals surface area contributed by atoms with Crippen LogP contribution in [0.2, 0.25) is 0 Å². The second kappa shape index (κ2) is 15.0. The zero-order valence-corrected chi connectivity index (χ0v) is 26.0. The third kappa shape index (κ3) is 8.68. The summed E-state index contributed by atoms with van der Waals surface area (Å²) in [6.07, 6.45) is 1.67. The van der Waals surface area contributed by atoms with Crippen LogP contribution in [0, 0.1) is 0 Å². The molecular formula is C39H34N2O3S. The van der Waals surface area contributed by atoms with Crippen molar-refractivity contribution in [3.8, 4) is 11.1 Å². The van der Waals surface area contributed by atoms with Gasteiger partial charge in [0.1, 0.15) is 5.70 Å². The molecular weight excluding hydrogens is 577 g/mol. The number of hydrogen-bond acceptors (Lipinski definition) is 4. The Morgan fingerprint density at radius 2 is 1.27 bits per heavy atom. The van der Waals surface area contributed by atoms with Gasteiger partial charge in [-0.15, -0.1) is 11.8 Å². The lowest BCUT2D eigenvalue weighted by atomic mass is 10.0. The maximum absolute atomic E-state index is 13.4. The minimum Gasteiger partial charge on any atom is -0.321 e. The van der Waals surface area contributed by atoms with Crippen LogP contribution < -0.4 is 10.6 Å². The maximum Gasteiger partial charge on any atom is 0.272 e. The molecule has 5 aromatic rings. The maximum atomic E-state index is 13.4. The normalized spacial score (nSPS) is 11.2. The molecule has 0 saturated heterocycles. The zero-order chi connectivity index (χ0) is 31.6. The third-order valence-electron chi connectivity index (χ3n) is 7.24. The SMILES string of the molecule is CC(C)c1ccc(/C=C(\NC(=O)c2ccccc2)C(=O)Nc2ccc(SCC(=O)c3ccc(-c4ccccc4)cc3)cc2)cc1. The molecule has 2 amide bonds. The summed E-state index contributed by atoms with van der Waals surface area (Å²) in [4.78, 5) is 40.1. The van der Waals surface area contributed by atoms with Gasteiger partial charge < -0.3 is 10.6 Å². The van der Waals surface area contributed by atoms with Gasteiger partial charge in [0.2, 0.25) is 0 Å². The molecule has 0 aliphatic carbocycles. The monoisotopic (exact) mass is 610 g/mol. The first kappa shape index (κ1) is 31.2. The fourth-order valence-corrected chi connectivity index (χ4v) is 5.42. The smallest absolute Gasteiger partial charge is 0.272 e. The largest absolute Gasteiger partial charge is 0.321 e. The van der Waals surface area contributed by atoms with Crippen molar-refractivity contribution in [2.75, 3.05) is 11.1 Å². The number of thioether (sulfide) groups is 1. The van der Waals surface area contributed by atoms with Crippen molar-refractivity contribution in [3.05, 3.63) is 161 Å². The van der Waals surface area contributed by atoms with E-state index in [-0.39, 0.29) is 17.4 Å². The van der Waals surface area contributed by atoms with E-state index in [1.807, 2.05) is 97.1 Å². The van der Waals surface area contributed by atoms with Crippen molar-refractivity contribution in [2.24, 2.45) is 0 Å². The highest BCUT2D eigenvalue weighted by Crippen LogP contribution is 2.24. The molecule has 0 saturated carbocycles. The quantitative estimate of drug-likeness (QED) is 0.0890. The molecule has 0 spiro atoms. The molecule has 5 rings (SSSR count). The number of rotatable bonds is 11. The van der Waals surface area contributed by atoms with Gasteiger partial charge in [0.05, 0.1) is 5.75 Å². The molecule has 0 radical (unpaired) electrons. The fourth-order valence-electron chi connectivity index (χ4n) is 4.63. The first-order valence-corrected chi connectivity index (χ1v) is 15.8. The molecule has 0 heterocycles. The van der Waals surface area contributed by atoms with Crippen LogP contribution in [0.5, 0.6) is 0 Å². The number of amides is 2. The molecule has 45 heavy (non-hydrogen) atoms. The van der Waals surface area contributed by atoms with E-state index in [0.29, 0.717) is 28.5 Å². The van der Waals surface area contributed by atoms with Crippen LogP contribution in [0.4, 0.5) is 5.69 Å². The first-order valence-electron chi connectivity index (χ1n) is 14.8. The Bertz CT molecular complexity index is 1780. The summed E-state index contributed by atoms with van der Waals surface area (Å²) in [5.74, 6) is -0.0926. The molecule has 5 nitrogen and oxygen atoms in total. The highest BCUT2D eigenvalue weighted by atomic mass is 32.2. The predicted molar refractivity (Wildman–Crippen MR) is 184 cm³/mol. The Morgan fingerprint density at radius 3 is 1.89 bits per heavy atom. The standard InChI is InChI=1S/C39H34N2O3S/c1-27(2)29-15-13-28(14-16-29)25-36(41-38(43)33-11-7-4-8-12-33)39(44)40-34-21-23-35(24-22-34)45-26-37(42)32-19-17-31(18-20-32)30-9-5-3-6-10-30/h3-25,27H,26H2,1-2H3,(H,40,44)(H,41,43)/b36-25-. The lowest BCUT2D eigenvalue weighted by molar-refractivity contribution is -0.113. The fraction of sp³-hybridized carbons (Fsp3) is 0.103.